The lowest BCUT2D eigenvalue weighted by Crippen LogP contribution is -2.40. The van der Waals surface area contributed by atoms with E-state index in [1.54, 1.807) is 16.0 Å². The van der Waals surface area contributed by atoms with Crippen LogP contribution in [0.15, 0.2) is 83.4 Å². The molecule has 2 aliphatic heterocycles. The molecule has 2 amide bonds. The van der Waals surface area contributed by atoms with Crippen molar-refractivity contribution in [2.24, 2.45) is 11.8 Å². The SMILES string of the molecule is CSc1nc(NCC2CCN(C(=O)OCc3ccccc3)CC2)c(Cl)c(SC)n1.O=C(OCc1ccccc1)N1CCC(CNc2ncncc2Cl)CC1. The van der Waals surface area contributed by atoms with Crippen LogP contribution in [0.4, 0.5) is 21.2 Å². The van der Waals surface area contributed by atoms with Crippen LogP contribution in [-0.4, -0.2) is 93.7 Å². The third kappa shape index (κ3) is 12.8. The highest BCUT2D eigenvalue weighted by Gasteiger charge is 2.25. The summed E-state index contributed by atoms with van der Waals surface area (Å²) in [5.74, 6) is 2.26. The van der Waals surface area contributed by atoms with Crippen LogP contribution in [0.25, 0.3) is 0 Å². The van der Waals surface area contributed by atoms with Crippen molar-refractivity contribution in [3.8, 4) is 0 Å². The van der Waals surface area contributed by atoms with E-state index >= 15 is 0 Å². The number of aromatic nitrogens is 4. The van der Waals surface area contributed by atoms with Crippen molar-refractivity contribution in [1.29, 1.82) is 0 Å². The number of halogens is 2. The molecule has 0 saturated carbocycles. The molecule has 288 valence electrons. The molecular weight excluding hydrogens is 768 g/mol. The summed E-state index contributed by atoms with van der Waals surface area (Å²) in [6, 6.07) is 19.4. The van der Waals surface area contributed by atoms with Gasteiger partial charge in [0, 0.05) is 39.3 Å². The molecule has 0 bridgehead atoms. The Hall–Kier alpha value is -3.98. The number of hydrogen-bond donors (Lipinski definition) is 2. The molecule has 0 spiro atoms. The Morgan fingerprint density at radius 1 is 0.741 bits per heavy atom. The number of ether oxygens (including phenoxy) is 2. The zero-order valence-electron chi connectivity index (χ0n) is 30.5. The van der Waals surface area contributed by atoms with Gasteiger partial charge in [-0.05, 0) is 61.2 Å². The average molecular weight is 814 g/mol. The van der Waals surface area contributed by atoms with Gasteiger partial charge in [0.15, 0.2) is 11.0 Å². The largest absolute Gasteiger partial charge is 0.445 e. The summed E-state index contributed by atoms with van der Waals surface area (Å²) in [6.07, 6.45) is 10.1. The monoisotopic (exact) mass is 812 g/mol. The minimum absolute atomic E-state index is 0.242. The summed E-state index contributed by atoms with van der Waals surface area (Å²) in [4.78, 5) is 44.9. The zero-order chi connectivity index (χ0) is 38.1. The Balaban J connectivity index is 0.000000210. The van der Waals surface area contributed by atoms with E-state index in [-0.39, 0.29) is 12.2 Å². The van der Waals surface area contributed by atoms with Crippen molar-refractivity contribution in [1.82, 2.24) is 29.7 Å². The number of nitrogens with zero attached hydrogens (tertiary/aromatic N) is 6. The molecule has 0 unspecified atom stereocenters. The molecular formula is C38H46Cl2N8O4S2. The molecule has 0 radical (unpaired) electrons. The second kappa shape index (κ2) is 21.8. The third-order valence-electron chi connectivity index (χ3n) is 9.12. The summed E-state index contributed by atoms with van der Waals surface area (Å²) in [7, 11) is 0. The van der Waals surface area contributed by atoms with Crippen molar-refractivity contribution in [2.75, 3.05) is 62.4 Å². The summed E-state index contributed by atoms with van der Waals surface area (Å²) in [5, 5.41) is 9.21. The molecule has 0 aliphatic carbocycles. The molecule has 2 N–H and O–H groups in total. The maximum Gasteiger partial charge on any atom is 0.410 e. The third-order valence-corrected chi connectivity index (χ3v) is 11.1. The minimum Gasteiger partial charge on any atom is -0.445 e. The predicted molar refractivity (Wildman–Crippen MR) is 216 cm³/mol. The summed E-state index contributed by atoms with van der Waals surface area (Å²) in [6.45, 7) is 4.98. The lowest BCUT2D eigenvalue weighted by molar-refractivity contribution is 0.0826. The van der Waals surface area contributed by atoms with Crippen molar-refractivity contribution in [3.63, 3.8) is 0 Å². The highest BCUT2D eigenvalue weighted by Crippen LogP contribution is 2.32. The number of thioether (sulfide) groups is 2. The molecule has 2 fully saturated rings. The lowest BCUT2D eigenvalue weighted by atomic mass is 9.97. The topological polar surface area (TPSA) is 135 Å². The molecule has 4 heterocycles. The Bertz CT molecular complexity index is 1770. The first-order valence-corrected chi connectivity index (χ1v) is 21.0. The van der Waals surface area contributed by atoms with Gasteiger partial charge in [0.1, 0.15) is 40.4 Å². The summed E-state index contributed by atoms with van der Waals surface area (Å²) < 4.78 is 10.8. The fourth-order valence-electron chi connectivity index (χ4n) is 5.94. The molecule has 4 aromatic rings. The Kier molecular flexibility index (Phi) is 16.6. The van der Waals surface area contributed by atoms with Gasteiger partial charge in [0.2, 0.25) is 0 Å². The van der Waals surface area contributed by atoms with Gasteiger partial charge in [-0.15, -0.1) is 11.8 Å². The van der Waals surface area contributed by atoms with Gasteiger partial charge in [-0.25, -0.2) is 29.5 Å². The number of amides is 2. The Morgan fingerprint density at radius 3 is 1.70 bits per heavy atom. The smallest absolute Gasteiger partial charge is 0.410 e. The number of anilines is 2. The van der Waals surface area contributed by atoms with E-state index in [1.165, 1.54) is 29.9 Å². The van der Waals surface area contributed by atoms with E-state index in [9.17, 15) is 9.59 Å². The summed E-state index contributed by atoms with van der Waals surface area (Å²) >= 11 is 15.5. The normalized spacial score (nSPS) is 14.8. The number of carbonyl (C=O) groups excluding carboxylic acids is 2. The molecule has 2 aromatic carbocycles. The second-order valence-corrected chi connectivity index (χ2v) is 15.2. The van der Waals surface area contributed by atoms with Crippen LogP contribution in [0, 0.1) is 11.8 Å². The molecule has 2 saturated heterocycles. The van der Waals surface area contributed by atoms with Crippen molar-refractivity contribution in [2.45, 2.75) is 49.1 Å². The Labute approximate surface area is 335 Å². The van der Waals surface area contributed by atoms with Crippen LogP contribution in [0.5, 0.6) is 0 Å². The highest BCUT2D eigenvalue weighted by molar-refractivity contribution is 7.99. The second-order valence-electron chi connectivity index (χ2n) is 12.8. The van der Waals surface area contributed by atoms with Gasteiger partial charge < -0.3 is 29.9 Å². The average Bonchev–Trinajstić information content (AvgIpc) is 3.22. The fourth-order valence-corrected chi connectivity index (χ4v) is 7.37. The molecule has 0 atom stereocenters. The number of hydrogen-bond acceptors (Lipinski definition) is 12. The van der Waals surface area contributed by atoms with Crippen LogP contribution in [0.1, 0.15) is 36.8 Å². The maximum atomic E-state index is 12.3. The number of rotatable bonds is 12. The van der Waals surface area contributed by atoms with Crippen LogP contribution < -0.4 is 10.6 Å². The van der Waals surface area contributed by atoms with Gasteiger partial charge in [-0.2, -0.15) is 0 Å². The van der Waals surface area contributed by atoms with Gasteiger partial charge in [0.05, 0.1) is 6.20 Å². The first-order chi connectivity index (χ1) is 26.3. The first kappa shape index (κ1) is 41.2. The van der Waals surface area contributed by atoms with Crippen LogP contribution >= 0.6 is 46.7 Å². The number of piperidine rings is 2. The van der Waals surface area contributed by atoms with E-state index in [1.807, 2.05) is 73.2 Å². The fraction of sp³-hybridized carbons (Fsp3) is 0.421. The molecule has 6 rings (SSSR count). The molecule has 12 nitrogen and oxygen atoms in total. The number of nitrogens with one attached hydrogen (secondary N) is 2. The van der Waals surface area contributed by atoms with Crippen molar-refractivity contribution < 1.29 is 19.1 Å². The standard InChI is InChI=1S/C20H25ClN4O2S2.C18H21ClN4O2/c1-28-18-16(21)17(23-19(24-18)29-2)22-12-14-8-10-25(11-9-14)20(26)27-13-15-6-4-3-5-7-15;19-16-11-20-13-22-17(16)21-10-14-6-8-23(9-7-14)18(24)25-12-15-4-2-1-3-5-15/h3-7,14H,8-13H2,1-2H3,(H,22,23,24);1-5,11,13-14H,6-10,12H2,(H,20,21,22). The maximum absolute atomic E-state index is 12.3. The molecule has 54 heavy (non-hydrogen) atoms. The lowest BCUT2D eigenvalue weighted by Gasteiger charge is -2.31. The van der Waals surface area contributed by atoms with E-state index in [0.29, 0.717) is 78.1 Å². The number of likely N-dealkylation sites (tertiary alicyclic amines) is 2. The van der Waals surface area contributed by atoms with Gasteiger partial charge in [-0.3, -0.25) is 0 Å². The highest BCUT2D eigenvalue weighted by atomic mass is 35.5. The summed E-state index contributed by atoms with van der Waals surface area (Å²) in [5.41, 5.74) is 1.99. The quantitative estimate of drug-likeness (QED) is 0.0806. The zero-order valence-corrected chi connectivity index (χ0v) is 33.6. The van der Waals surface area contributed by atoms with E-state index in [4.69, 9.17) is 32.7 Å². The first-order valence-electron chi connectivity index (χ1n) is 17.8. The van der Waals surface area contributed by atoms with E-state index in [2.05, 4.69) is 30.6 Å². The predicted octanol–water partition coefficient (Wildman–Crippen LogP) is 8.63. The number of carbonyl (C=O) groups is 2. The van der Waals surface area contributed by atoms with Crippen molar-refractivity contribution in [3.05, 3.63) is 94.4 Å². The van der Waals surface area contributed by atoms with E-state index < -0.39 is 0 Å². The number of benzene rings is 2. The molecule has 16 heteroatoms. The molecule has 2 aromatic heterocycles. The molecule has 2 aliphatic rings. The van der Waals surface area contributed by atoms with Crippen LogP contribution in [0.2, 0.25) is 10.0 Å². The van der Waals surface area contributed by atoms with Gasteiger partial charge in [-0.1, -0.05) is 95.6 Å². The van der Waals surface area contributed by atoms with Crippen LogP contribution in [0.3, 0.4) is 0 Å². The van der Waals surface area contributed by atoms with E-state index in [0.717, 1.165) is 54.9 Å². The van der Waals surface area contributed by atoms with Gasteiger partial charge >= 0.3 is 12.2 Å². The Morgan fingerprint density at radius 2 is 1.24 bits per heavy atom. The minimum atomic E-state index is -0.242. The van der Waals surface area contributed by atoms with Crippen LogP contribution in [-0.2, 0) is 22.7 Å². The van der Waals surface area contributed by atoms with Crippen molar-refractivity contribution >= 4 is 70.5 Å². The van der Waals surface area contributed by atoms with Gasteiger partial charge in [0.25, 0.3) is 0 Å².